The van der Waals surface area contributed by atoms with Crippen LogP contribution < -0.4 is 11.0 Å². The van der Waals surface area contributed by atoms with Crippen LogP contribution in [0.2, 0.25) is 0 Å². The highest BCUT2D eigenvalue weighted by Gasteiger charge is 2.16. The summed E-state index contributed by atoms with van der Waals surface area (Å²) < 4.78 is 1.37. The van der Waals surface area contributed by atoms with Crippen LogP contribution in [0, 0.1) is 11.3 Å². The lowest BCUT2D eigenvalue weighted by atomic mass is 10.2. The highest BCUT2D eigenvalue weighted by atomic mass is 16.1. The number of hydrogen-bond donors (Lipinski definition) is 2. The Morgan fingerprint density at radius 2 is 1.80 bits per heavy atom. The van der Waals surface area contributed by atoms with Crippen LogP contribution in [0.3, 0.4) is 0 Å². The summed E-state index contributed by atoms with van der Waals surface area (Å²) in [5, 5.41) is 25.4. The van der Waals surface area contributed by atoms with Crippen LogP contribution in [-0.2, 0) is 0 Å². The van der Waals surface area contributed by atoms with E-state index in [1.807, 2.05) is 42.5 Å². The number of H-pyrrole nitrogens is 1. The van der Waals surface area contributed by atoms with Crippen molar-refractivity contribution in [3.05, 3.63) is 70.8 Å². The van der Waals surface area contributed by atoms with E-state index < -0.39 is 0 Å². The van der Waals surface area contributed by atoms with Crippen LogP contribution in [-0.4, -0.2) is 25.5 Å². The summed E-state index contributed by atoms with van der Waals surface area (Å²) in [4.78, 5) is 12.3. The van der Waals surface area contributed by atoms with Gasteiger partial charge in [0.25, 0.3) is 5.56 Å². The molecule has 2 aromatic carbocycles. The third-order valence-electron chi connectivity index (χ3n) is 3.68. The molecule has 0 aliphatic heterocycles. The summed E-state index contributed by atoms with van der Waals surface area (Å²) in [6, 6.07) is 18.3. The molecular formula is C17H11N7O. The van der Waals surface area contributed by atoms with Crippen molar-refractivity contribution in [1.29, 1.82) is 5.26 Å². The molecule has 4 rings (SSSR count). The van der Waals surface area contributed by atoms with Crippen LogP contribution in [0.15, 0.2) is 64.5 Å². The lowest BCUT2D eigenvalue weighted by Gasteiger charge is -2.02. The number of aromatic amines is 1. The van der Waals surface area contributed by atoms with Crippen molar-refractivity contribution in [2.24, 2.45) is 5.10 Å². The summed E-state index contributed by atoms with van der Waals surface area (Å²) in [7, 11) is 0. The minimum Gasteiger partial charge on any atom is -0.277 e. The van der Waals surface area contributed by atoms with Gasteiger partial charge in [-0.25, -0.2) is 4.52 Å². The molecule has 8 heteroatoms. The van der Waals surface area contributed by atoms with Gasteiger partial charge in [0, 0.05) is 5.39 Å². The van der Waals surface area contributed by atoms with E-state index in [0.29, 0.717) is 16.4 Å². The van der Waals surface area contributed by atoms with Gasteiger partial charge >= 0.3 is 0 Å². The van der Waals surface area contributed by atoms with E-state index in [2.05, 4.69) is 25.8 Å². The Bertz CT molecular complexity index is 1200. The van der Waals surface area contributed by atoms with Gasteiger partial charge in [-0.3, -0.25) is 15.3 Å². The van der Waals surface area contributed by atoms with E-state index >= 15 is 0 Å². The number of nitriles is 1. The maximum absolute atomic E-state index is 12.3. The summed E-state index contributed by atoms with van der Waals surface area (Å²) in [5.74, 6) is 0.156. The van der Waals surface area contributed by atoms with Gasteiger partial charge in [-0.05, 0) is 18.2 Å². The zero-order valence-electron chi connectivity index (χ0n) is 12.8. The van der Waals surface area contributed by atoms with Gasteiger partial charge in [0.1, 0.15) is 6.07 Å². The SMILES string of the molecule is N#C/C(=N/Nc1ccccc1)c1nnc2c3ccccc3c(=O)[nH]n12. The van der Waals surface area contributed by atoms with Crippen molar-refractivity contribution < 1.29 is 0 Å². The van der Waals surface area contributed by atoms with Gasteiger partial charge in [-0.15, -0.1) is 10.2 Å². The summed E-state index contributed by atoms with van der Waals surface area (Å²) in [6.45, 7) is 0. The van der Waals surface area contributed by atoms with Gasteiger partial charge in [0.05, 0.1) is 11.1 Å². The lowest BCUT2D eigenvalue weighted by Crippen LogP contribution is -2.16. The number of para-hydroxylation sites is 1. The zero-order valence-corrected chi connectivity index (χ0v) is 12.8. The number of aromatic nitrogens is 4. The molecule has 0 amide bonds. The second-order valence-corrected chi connectivity index (χ2v) is 5.22. The third-order valence-corrected chi connectivity index (χ3v) is 3.68. The minimum absolute atomic E-state index is 0.00211. The Morgan fingerprint density at radius 3 is 2.56 bits per heavy atom. The molecule has 0 spiro atoms. The van der Waals surface area contributed by atoms with E-state index in [1.54, 1.807) is 18.2 Å². The molecule has 0 aliphatic rings. The number of nitrogens with zero attached hydrogens (tertiary/aromatic N) is 5. The van der Waals surface area contributed by atoms with Crippen LogP contribution in [0.5, 0.6) is 0 Å². The Morgan fingerprint density at radius 1 is 1.08 bits per heavy atom. The van der Waals surface area contributed by atoms with Crippen LogP contribution in [0.1, 0.15) is 5.82 Å². The van der Waals surface area contributed by atoms with Crippen LogP contribution >= 0.6 is 0 Å². The van der Waals surface area contributed by atoms with Crippen molar-refractivity contribution in [3.8, 4) is 6.07 Å². The number of hydrazone groups is 1. The van der Waals surface area contributed by atoms with Crippen molar-refractivity contribution >= 4 is 27.8 Å². The van der Waals surface area contributed by atoms with E-state index in [1.165, 1.54) is 4.52 Å². The molecule has 0 radical (unpaired) electrons. The number of anilines is 1. The van der Waals surface area contributed by atoms with Gasteiger partial charge in [-0.1, -0.05) is 36.4 Å². The Hall–Kier alpha value is -3.99. The first-order valence-electron chi connectivity index (χ1n) is 7.43. The molecule has 4 aromatic rings. The van der Waals surface area contributed by atoms with Crippen LogP contribution in [0.4, 0.5) is 5.69 Å². The highest BCUT2D eigenvalue weighted by Crippen LogP contribution is 2.15. The third kappa shape index (κ3) is 2.49. The fourth-order valence-electron chi connectivity index (χ4n) is 2.51. The molecule has 2 N–H and O–H groups in total. The maximum Gasteiger partial charge on any atom is 0.270 e. The molecule has 25 heavy (non-hydrogen) atoms. The maximum atomic E-state index is 12.3. The standard InChI is InChI=1S/C17H11N7O/c18-10-14(20-19-11-6-2-1-3-7-11)16-22-21-15-12-8-4-5-9-13(12)17(25)23-24(15)16/h1-9,19H,(H,23,25)/b20-14-. The number of benzene rings is 2. The van der Waals surface area contributed by atoms with Crippen molar-refractivity contribution in [2.45, 2.75) is 0 Å². The number of rotatable bonds is 3. The van der Waals surface area contributed by atoms with Gasteiger partial charge < -0.3 is 0 Å². The molecule has 0 atom stereocenters. The molecule has 0 saturated heterocycles. The molecule has 0 unspecified atom stereocenters. The van der Waals surface area contributed by atoms with E-state index in [4.69, 9.17) is 0 Å². The molecule has 0 bridgehead atoms. The number of fused-ring (bicyclic) bond motifs is 3. The second-order valence-electron chi connectivity index (χ2n) is 5.22. The topological polar surface area (TPSA) is 111 Å². The second kappa shape index (κ2) is 5.90. The predicted octanol–water partition coefficient (Wildman–Crippen LogP) is 1.91. The number of hydrogen-bond acceptors (Lipinski definition) is 6. The van der Waals surface area contributed by atoms with E-state index in [0.717, 1.165) is 5.69 Å². The van der Waals surface area contributed by atoms with Crippen LogP contribution in [0.25, 0.3) is 16.4 Å². The fourth-order valence-corrected chi connectivity index (χ4v) is 2.51. The highest BCUT2D eigenvalue weighted by molar-refractivity contribution is 6.10. The lowest BCUT2D eigenvalue weighted by molar-refractivity contribution is 0.896. The fraction of sp³-hybridized carbons (Fsp3) is 0. The summed E-state index contributed by atoms with van der Waals surface area (Å²) in [5.41, 5.74) is 3.68. The molecule has 0 saturated carbocycles. The van der Waals surface area contributed by atoms with Gasteiger partial charge in [0.15, 0.2) is 5.65 Å². The van der Waals surface area contributed by atoms with Gasteiger partial charge in [0.2, 0.25) is 11.5 Å². The molecule has 8 nitrogen and oxygen atoms in total. The molecule has 0 aliphatic carbocycles. The smallest absolute Gasteiger partial charge is 0.270 e. The predicted molar refractivity (Wildman–Crippen MR) is 93.3 cm³/mol. The average molecular weight is 329 g/mol. The van der Waals surface area contributed by atoms with Crippen molar-refractivity contribution in [1.82, 2.24) is 19.8 Å². The summed E-state index contributed by atoms with van der Waals surface area (Å²) >= 11 is 0. The minimum atomic E-state index is -0.294. The molecule has 2 aromatic heterocycles. The molecule has 2 heterocycles. The summed E-state index contributed by atoms with van der Waals surface area (Å²) in [6.07, 6.45) is 0. The number of nitrogens with one attached hydrogen (secondary N) is 2. The zero-order chi connectivity index (χ0) is 17.2. The molecular weight excluding hydrogens is 318 g/mol. The largest absolute Gasteiger partial charge is 0.277 e. The van der Waals surface area contributed by atoms with Crippen molar-refractivity contribution in [3.63, 3.8) is 0 Å². The quantitative estimate of drug-likeness (QED) is 0.440. The Labute approximate surface area is 141 Å². The average Bonchev–Trinajstić information content (AvgIpc) is 3.07. The monoisotopic (exact) mass is 329 g/mol. The molecule has 120 valence electrons. The first kappa shape index (κ1) is 14.6. The van der Waals surface area contributed by atoms with E-state index in [9.17, 15) is 10.1 Å². The first-order valence-corrected chi connectivity index (χ1v) is 7.43. The first-order chi connectivity index (χ1) is 12.3. The Balaban J connectivity index is 1.86. The van der Waals surface area contributed by atoms with E-state index in [-0.39, 0.29) is 17.1 Å². The van der Waals surface area contributed by atoms with Gasteiger partial charge in [-0.2, -0.15) is 10.4 Å². The Kier molecular flexibility index (Phi) is 3.44. The van der Waals surface area contributed by atoms with Crippen molar-refractivity contribution in [2.75, 3.05) is 5.43 Å². The molecule has 0 fully saturated rings. The normalized spacial score (nSPS) is 11.6.